The summed E-state index contributed by atoms with van der Waals surface area (Å²) in [6.07, 6.45) is 1.96. The third kappa shape index (κ3) is 9.49. The molecule has 2 rings (SSSR count). The largest absolute Gasteiger partial charge is 0.493 e. The Kier molecular flexibility index (Phi) is 10.3. The first-order valence-corrected chi connectivity index (χ1v) is 12.7. The van der Waals surface area contributed by atoms with E-state index in [0.29, 0.717) is 29.6 Å². The second kappa shape index (κ2) is 12.7. The monoisotopic (exact) mass is 478 g/mol. The number of benzene rings is 2. The highest BCUT2D eigenvalue weighted by Crippen LogP contribution is 2.28. The lowest BCUT2D eigenvalue weighted by atomic mass is 10.1. The van der Waals surface area contributed by atoms with Crippen LogP contribution in [-0.2, 0) is 16.4 Å². The van der Waals surface area contributed by atoms with E-state index in [1.807, 2.05) is 44.2 Å². The summed E-state index contributed by atoms with van der Waals surface area (Å²) in [6.45, 7) is 5.51. The molecule has 0 saturated heterocycles. The van der Waals surface area contributed by atoms with Gasteiger partial charge in [-0.3, -0.25) is 0 Å². The van der Waals surface area contributed by atoms with E-state index in [-0.39, 0.29) is 18.6 Å². The van der Waals surface area contributed by atoms with Crippen molar-refractivity contribution in [2.45, 2.75) is 26.3 Å². The summed E-state index contributed by atoms with van der Waals surface area (Å²) in [7, 11) is -1.63. The van der Waals surface area contributed by atoms with E-state index >= 15 is 0 Å². The van der Waals surface area contributed by atoms with Gasteiger partial charge in [0.1, 0.15) is 6.61 Å². The molecule has 0 aliphatic rings. The van der Waals surface area contributed by atoms with Crippen LogP contribution >= 0.6 is 11.6 Å². The first kappa shape index (κ1) is 26.0. The molecule has 0 saturated carbocycles. The molecule has 0 amide bonds. The molecule has 2 aromatic rings. The molecule has 2 aromatic carbocycles. The molecule has 1 atom stereocenters. The summed E-state index contributed by atoms with van der Waals surface area (Å²) >= 11 is 5.87. The van der Waals surface area contributed by atoms with Crippen molar-refractivity contribution in [3.05, 3.63) is 58.6 Å². The maximum atomic E-state index is 11.5. The van der Waals surface area contributed by atoms with Crippen molar-refractivity contribution in [2.75, 3.05) is 33.1 Å². The van der Waals surface area contributed by atoms with Crippen LogP contribution in [0.5, 0.6) is 11.5 Å². The van der Waals surface area contributed by atoms with Crippen molar-refractivity contribution < 1.29 is 17.9 Å². The highest BCUT2D eigenvalue weighted by Gasteiger charge is 2.17. The second-order valence-corrected chi connectivity index (χ2v) is 9.99. The highest BCUT2D eigenvalue weighted by atomic mass is 35.5. The van der Waals surface area contributed by atoms with Crippen LogP contribution in [-0.4, -0.2) is 47.5 Å². The topological polar surface area (TPSA) is 76.7 Å². The molecular weight excluding hydrogens is 448 g/mol. The van der Waals surface area contributed by atoms with E-state index in [0.717, 1.165) is 17.5 Å². The average molecular weight is 479 g/mol. The molecule has 0 bridgehead atoms. The number of sulfonamides is 1. The molecule has 0 spiro atoms. The average Bonchev–Trinajstić information content (AvgIpc) is 2.74. The molecule has 0 fully saturated rings. The number of hydrogen-bond donors (Lipinski definition) is 2. The summed E-state index contributed by atoms with van der Waals surface area (Å²) in [6, 6.07) is 13.0. The summed E-state index contributed by atoms with van der Waals surface area (Å²) in [5.74, 6) is 7.48. The van der Waals surface area contributed by atoms with Gasteiger partial charge in [-0.25, -0.2) is 13.1 Å². The van der Waals surface area contributed by atoms with E-state index in [9.17, 15) is 8.42 Å². The molecule has 0 aromatic heterocycles. The zero-order chi connectivity index (χ0) is 23.6. The van der Waals surface area contributed by atoms with E-state index in [1.165, 1.54) is 6.26 Å². The van der Waals surface area contributed by atoms with Gasteiger partial charge in [0.25, 0.3) is 0 Å². The lowest BCUT2D eigenvalue weighted by Crippen LogP contribution is -2.45. The SMILES string of the molecule is COc1cc(CCNCC(NS(C)(=O)=O)C(C)C)ccc1OCC#Cc1ccc(Cl)cc1. The smallest absolute Gasteiger partial charge is 0.209 e. The molecular formula is C24H31ClN2O4S. The highest BCUT2D eigenvalue weighted by molar-refractivity contribution is 7.88. The predicted octanol–water partition coefficient (Wildman–Crippen LogP) is 3.49. The van der Waals surface area contributed by atoms with Gasteiger partial charge in [0.2, 0.25) is 10.0 Å². The zero-order valence-corrected chi connectivity index (χ0v) is 20.5. The van der Waals surface area contributed by atoms with Gasteiger partial charge in [0, 0.05) is 23.2 Å². The van der Waals surface area contributed by atoms with Crippen LogP contribution in [0.2, 0.25) is 5.02 Å². The van der Waals surface area contributed by atoms with Crippen LogP contribution in [0, 0.1) is 17.8 Å². The van der Waals surface area contributed by atoms with Crippen molar-refractivity contribution in [1.29, 1.82) is 0 Å². The lowest BCUT2D eigenvalue weighted by molar-refractivity contribution is 0.330. The summed E-state index contributed by atoms with van der Waals surface area (Å²) in [5.41, 5.74) is 1.96. The van der Waals surface area contributed by atoms with Crippen LogP contribution in [0.25, 0.3) is 0 Å². The number of hydrogen-bond acceptors (Lipinski definition) is 5. The minimum atomic E-state index is -3.23. The van der Waals surface area contributed by atoms with Crippen molar-refractivity contribution in [3.63, 3.8) is 0 Å². The molecule has 0 radical (unpaired) electrons. The number of nitrogens with one attached hydrogen (secondary N) is 2. The predicted molar refractivity (Wildman–Crippen MR) is 130 cm³/mol. The van der Waals surface area contributed by atoms with Crippen LogP contribution in [0.4, 0.5) is 0 Å². The standard InChI is InChI=1S/C24H31ClN2O4S/c1-18(2)22(27-32(4,28)29)17-26-14-13-20-9-12-23(24(16-20)30-3)31-15-5-6-19-7-10-21(25)11-8-19/h7-12,16,18,22,26-27H,13-15,17H2,1-4H3. The molecule has 0 heterocycles. The van der Waals surface area contributed by atoms with Gasteiger partial charge in [-0.15, -0.1) is 0 Å². The minimum absolute atomic E-state index is 0.149. The normalized spacial score (nSPS) is 12.2. The summed E-state index contributed by atoms with van der Waals surface area (Å²) < 4.78 is 36.9. The molecule has 2 N–H and O–H groups in total. The lowest BCUT2D eigenvalue weighted by Gasteiger charge is -2.21. The fraction of sp³-hybridized carbons (Fsp3) is 0.417. The van der Waals surface area contributed by atoms with Gasteiger partial charge in [-0.05, 0) is 60.8 Å². The Morgan fingerprint density at radius 3 is 2.44 bits per heavy atom. The third-order valence-electron chi connectivity index (χ3n) is 4.73. The van der Waals surface area contributed by atoms with Gasteiger partial charge in [0.15, 0.2) is 11.5 Å². The van der Waals surface area contributed by atoms with Crippen LogP contribution in [0.3, 0.4) is 0 Å². The Morgan fingerprint density at radius 1 is 1.09 bits per heavy atom. The van der Waals surface area contributed by atoms with Crippen molar-refractivity contribution in [3.8, 4) is 23.3 Å². The number of halogens is 1. The van der Waals surface area contributed by atoms with Gasteiger partial charge in [-0.2, -0.15) is 0 Å². The molecule has 0 aliphatic heterocycles. The first-order chi connectivity index (χ1) is 15.2. The van der Waals surface area contributed by atoms with Crippen LogP contribution in [0.1, 0.15) is 25.0 Å². The Morgan fingerprint density at radius 2 is 1.81 bits per heavy atom. The minimum Gasteiger partial charge on any atom is -0.493 e. The summed E-state index contributed by atoms with van der Waals surface area (Å²) in [5, 5.41) is 4.00. The number of ether oxygens (including phenoxy) is 2. The fourth-order valence-electron chi connectivity index (χ4n) is 2.95. The zero-order valence-electron chi connectivity index (χ0n) is 18.9. The third-order valence-corrected chi connectivity index (χ3v) is 5.71. The van der Waals surface area contributed by atoms with Crippen LogP contribution in [0.15, 0.2) is 42.5 Å². The van der Waals surface area contributed by atoms with E-state index in [2.05, 4.69) is 21.9 Å². The maximum Gasteiger partial charge on any atom is 0.209 e. The van der Waals surface area contributed by atoms with Crippen molar-refractivity contribution in [1.82, 2.24) is 10.0 Å². The molecule has 6 nitrogen and oxygen atoms in total. The molecule has 174 valence electrons. The van der Waals surface area contributed by atoms with Gasteiger partial charge in [-0.1, -0.05) is 43.4 Å². The fourth-order valence-corrected chi connectivity index (χ4v) is 3.98. The molecule has 0 aliphatic carbocycles. The Balaban J connectivity index is 1.85. The molecule has 1 unspecified atom stereocenters. The van der Waals surface area contributed by atoms with E-state index < -0.39 is 10.0 Å². The molecule has 8 heteroatoms. The Labute approximate surface area is 196 Å². The quantitative estimate of drug-likeness (QED) is 0.382. The number of methoxy groups -OCH3 is 1. The maximum absolute atomic E-state index is 11.5. The van der Waals surface area contributed by atoms with Gasteiger partial charge >= 0.3 is 0 Å². The Hall–Kier alpha value is -2.24. The van der Waals surface area contributed by atoms with Crippen molar-refractivity contribution >= 4 is 21.6 Å². The number of rotatable bonds is 11. The van der Waals surface area contributed by atoms with Crippen LogP contribution < -0.4 is 19.5 Å². The molecule has 32 heavy (non-hydrogen) atoms. The van der Waals surface area contributed by atoms with E-state index in [1.54, 1.807) is 19.2 Å². The van der Waals surface area contributed by atoms with Gasteiger partial charge in [0.05, 0.1) is 13.4 Å². The summed E-state index contributed by atoms with van der Waals surface area (Å²) in [4.78, 5) is 0. The Bertz CT molecular complexity index is 1030. The van der Waals surface area contributed by atoms with Gasteiger partial charge < -0.3 is 14.8 Å². The first-order valence-electron chi connectivity index (χ1n) is 10.4. The van der Waals surface area contributed by atoms with Crippen molar-refractivity contribution in [2.24, 2.45) is 5.92 Å². The second-order valence-electron chi connectivity index (χ2n) is 7.78. The van der Waals surface area contributed by atoms with E-state index in [4.69, 9.17) is 21.1 Å².